The summed E-state index contributed by atoms with van der Waals surface area (Å²) in [6, 6.07) is 11.9. The van der Waals surface area contributed by atoms with E-state index in [0.29, 0.717) is 17.8 Å². The van der Waals surface area contributed by atoms with Crippen molar-refractivity contribution in [3.05, 3.63) is 66.2 Å². The maximum absolute atomic E-state index is 12.0. The maximum Gasteiger partial charge on any atom is 0.290 e. The molecule has 0 spiro atoms. The first kappa shape index (κ1) is 13.8. The van der Waals surface area contributed by atoms with Crippen molar-refractivity contribution in [2.75, 3.05) is 0 Å². The lowest BCUT2D eigenvalue weighted by Crippen LogP contribution is -2.22. The SMILES string of the molecule is O=C(NCc1cccnc1)c1cc(-c2ccccc2O)no1. The number of benzene rings is 1. The Kier molecular flexibility index (Phi) is 3.82. The summed E-state index contributed by atoms with van der Waals surface area (Å²) in [5, 5.41) is 16.3. The lowest BCUT2D eigenvalue weighted by molar-refractivity contribution is 0.0914. The molecule has 0 bridgehead atoms. The monoisotopic (exact) mass is 295 g/mol. The normalized spacial score (nSPS) is 10.4. The summed E-state index contributed by atoms with van der Waals surface area (Å²) in [7, 11) is 0. The van der Waals surface area contributed by atoms with Gasteiger partial charge in [-0.15, -0.1) is 0 Å². The van der Waals surface area contributed by atoms with Crippen LogP contribution in [-0.4, -0.2) is 21.2 Å². The Bertz CT molecular complexity index is 784. The Balaban J connectivity index is 1.71. The number of carbonyl (C=O) groups excluding carboxylic acids is 1. The van der Waals surface area contributed by atoms with Crippen LogP contribution in [0.3, 0.4) is 0 Å². The van der Waals surface area contributed by atoms with E-state index >= 15 is 0 Å². The molecule has 2 aromatic heterocycles. The number of hydrogen-bond acceptors (Lipinski definition) is 5. The Hall–Kier alpha value is -3.15. The Morgan fingerprint density at radius 1 is 1.23 bits per heavy atom. The van der Waals surface area contributed by atoms with E-state index in [1.54, 1.807) is 42.7 Å². The molecule has 0 aliphatic carbocycles. The molecular weight excluding hydrogens is 282 g/mol. The summed E-state index contributed by atoms with van der Waals surface area (Å²) < 4.78 is 5.04. The first-order chi connectivity index (χ1) is 10.7. The van der Waals surface area contributed by atoms with Gasteiger partial charge in [-0.3, -0.25) is 9.78 Å². The molecule has 0 saturated carbocycles. The van der Waals surface area contributed by atoms with E-state index in [0.717, 1.165) is 5.56 Å². The van der Waals surface area contributed by atoms with Gasteiger partial charge in [0.15, 0.2) is 0 Å². The third kappa shape index (κ3) is 2.95. The molecule has 0 atom stereocenters. The van der Waals surface area contributed by atoms with Gasteiger partial charge in [0, 0.05) is 30.6 Å². The van der Waals surface area contributed by atoms with Gasteiger partial charge in [0.1, 0.15) is 11.4 Å². The van der Waals surface area contributed by atoms with Crippen LogP contribution in [0.15, 0.2) is 59.4 Å². The van der Waals surface area contributed by atoms with Crippen LogP contribution in [0.25, 0.3) is 11.3 Å². The molecule has 1 amide bonds. The highest BCUT2D eigenvalue weighted by Gasteiger charge is 2.15. The van der Waals surface area contributed by atoms with Gasteiger partial charge in [-0.1, -0.05) is 23.4 Å². The van der Waals surface area contributed by atoms with Gasteiger partial charge >= 0.3 is 0 Å². The number of phenolic OH excluding ortho intramolecular Hbond substituents is 1. The average molecular weight is 295 g/mol. The summed E-state index contributed by atoms with van der Waals surface area (Å²) >= 11 is 0. The first-order valence-corrected chi connectivity index (χ1v) is 6.66. The van der Waals surface area contributed by atoms with Gasteiger partial charge in [-0.25, -0.2) is 0 Å². The van der Waals surface area contributed by atoms with E-state index < -0.39 is 0 Å². The fraction of sp³-hybridized carbons (Fsp3) is 0.0625. The molecule has 1 aromatic carbocycles. The van der Waals surface area contributed by atoms with Crippen LogP contribution in [-0.2, 0) is 6.54 Å². The fourth-order valence-corrected chi connectivity index (χ4v) is 1.97. The number of amides is 1. The predicted octanol–water partition coefficient (Wildman–Crippen LogP) is 2.37. The zero-order valence-electron chi connectivity index (χ0n) is 11.6. The minimum absolute atomic E-state index is 0.0816. The minimum Gasteiger partial charge on any atom is -0.507 e. The predicted molar refractivity (Wildman–Crippen MR) is 79.0 cm³/mol. The second-order valence-electron chi connectivity index (χ2n) is 4.64. The van der Waals surface area contributed by atoms with Crippen LogP contribution in [0.2, 0.25) is 0 Å². The Labute approximate surface area is 126 Å². The van der Waals surface area contributed by atoms with E-state index in [4.69, 9.17) is 4.52 Å². The molecule has 0 fully saturated rings. The fourth-order valence-electron chi connectivity index (χ4n) is 1.97. The topological polar surface area (TPSA) is 88.2 Å². The van der Waals surface area contributed by atoms with Gasteiger partial charge < -0.3 is 14.9 Å². The van der Waals surface area contributed by atoms with Gasteiger partial charge in [-0.05, 0) is 23.8 Å². The van der Waals surface area contributed by atoms with Crippen LogP contribution < -0.4 is 5.32 Å². The molecular formula is C16H13N3O3. The first-order valence-electron chi connectivity index (χ1n) is 6.66. The second kappa shape index (κ2) is 6.09. The summed E-state index contributed by atoms with van der Waals surface area (Å²) in [5.74, 6) is -0.210. The van der Waals surface area contributed by atoms with Crippen molar-refractivity contribution in [1.82, 2.24) is 15.5 Å². The third-order valence-electron chi connectivity index (χ3n) is 3.09. The molecule has 0 unspecified atom stereocenters. The molecule has 2 heterocycles. The van der Waals surface area contributed by atoms with E-state index in [2.05, 4.69) is 15.5 Å². The number of nitrogens with one attached hydrogen (secondary N) is 1. The highest BCUT2D eigenvalue weighted by Crippen LogP contribution is 2.27. The number of carbonyl (C=O) groups is 1. The van der Waals surface area contributed by atoms with Crippen molar-refractivity contribution in [3.8, 4) is 17.0 Å². The van der Waals surface area contributed by atoms with E-state index in [1.807, 2.05) is 6.07 Å². The van der Waals surface area contributed by atoms with Crippen molar-refractivity contribution >= 4 is 5.91 Å². The molecule has 6 heteroatoms. The Morgan fingerprint density at radius 3 is 2.86 bits per heavy atom. The number of aromatic hydroxyl groups is 1. The second-order valence-corrected chi connectivity index (χ2v) is 4.64. The number of para-hydroxylation sites is 1. The zero-order valence-corrected chi connectivity index (χ0v) is 11.6. The number of nitrogens with zero attached hydrogens (tertiary/aromatic N) is 2. The molecule has 22 heavy (non-hydrogen) atoms. The van der Waals surface area contributed by atoms with Crippen LogP contribution in [0.5, 0.6) is 5.75 Å². The maximum atomic E-state index is 12.0. The largest absolute Gasteiger partial charge is 0.507 e. The van der Waals surface area contributed by atoms with Crippen molar-refractivity contribution in [1.29, 1.82) is 0 Å². The van der Waals surface area contributed by atoms with Crippen molar-refractivity contribution in [3.63, 3.8) is 0 Å². The minimum atomic E-state index is -0.377. The van der Waals surface area contributed by atoms with Gasteiger partial charge in [0.05, 0.1) is 0 Å². The molecule has 3 rings (SSSR count). The van der Waals surface area contributed by atoms with Crippen LogP contribution >= 0.6 is 0 Å². The van der Waals surface area contributed by atoms with E-state index in [-0.39, 0.29) is 17.4 Å². The number of aromatic nitrogens is 2. The smallest absolute Gasteiger partial charge is 0.290 e. The van der Waals surface area contributed by atoms with Crippen molar-refractivity contribution in [2.24, 2.45) is 0 Å². The standard InChI is InChI=1S/C16H13N3O3/c20-14-6-2-1-5-12(14)13-8-15(22-19-13)16(21)18-10-11-4-3-7-17-9-11/h1-9,20H,10H2,(H,18,21). The molecule has 3 aromatic rings. The summed E-state index contributed by atoms with van der Waals surface area (Å²) in [6.07, 6.45) is 3.34. The average Bonchev–Trinajstić information content (AvgIpc) is 3.04. The van der Waals surface area contributed by atoms with Crippen molar-refractivity contribution < 1.29 is 14.4 Å². The number of hydrogen-bond donors (Lipinski definition) is 2. The lowest BCUT2D eigenvalue weighted by atomic mass is 10.1. The van der Waals surface area contributed by atoms with Gasteiger partial charge in [0.2, 0.25) is 5.76 Å². The molecule has 6 nitrogen and oxygen atoms in total. The number of pyridine rings is 1. The lowest BCUT2D eigenvalue weighted by Gasteiger charge is -2.01. The number of phenols is 1. The quantitative estimate of drug-likeness (QED) is 0.771. The molecule has 0 aliphatic rings. The Morgan fingerprint density at radius 2 is 2.09 bits per heavy atom. The van der Waals surface area contributed by atoms with Crippen molar-refractivity contribution in [2.45, 2.75) is 6.54 Å². The summed E-state index contributed by atoms with van der Waals surface area (Å²) in [5.41, 5.74) is 1.80. The molecule has 110 valence electrons. The molecule has 2 N–H and O–H groups in total. The van der Waals surface area contributed by atoms with Crippen LogP contribution in [0, 0.1) is 0 Å². The van der Waals surface area contributed by atoms with Gasteiger partial charge in [0.25, 0.3) is 5.91 Å². The summed E-state index contributed by atoms with van der Waals surface area (Å²) in [4.78, 5) is 16.0. The molecule has 0 radical (unpaired) electrons. The number of rotatable bonds is 4. The highest BCUT2D eigenvalue weighted by molar-refractivity contribution is 5.92. The highest BCUT2D eigenvalue weighted by atomic mass is 16.5. The summed E-state index contributed by atoms with van der Waals surface area (Å²) in [6.45, 7) is 0.347. The van der Waals surface area contributed by atoms with Crippen LogP contribution in [0.1, 0.15) is 16.1 Å². The molecule has 0 aliphatic heterocycles. The third-order valence-corrected chi connectivity index (χ3v) is 3.09. The van der Waals surface area contributed by atoms with E-state index in [9.17, 15) is 9.90 Å². The van der Waals surface area contributed by atoms with Crippen LogP contribution in [0.4, 0.5) is 0 Å². The zero-order chi connectivity index (χ0) is 15.4. The van der Waals surface area contributed by atoms with Gasteiger partial charge in [-0.2, -0.15) is 0 Å². The van der Waals surface area contributed by atoms with E-state index in [1.165, 1.54) is 6.07 Å². The molecule has 0 saturated heterocycles.